The van der Waals surface area contributed by atoms with E-state index in [1.165, 1.54) is 12.1 Å². The molecule has 3 aromatic rings. The van der Waals surface area contributed by atoms with Gasteiger partial charge in [-0.05, 0) is 60.7 Å². The predicted octanol–water partition coefficient (Wildman–Crippen LogP) is 3.73. The Bertz CT molecular complexity index is 833. The number of nitrogens with one attached hydrogen (secondary N) is 2. The van der Waals surface area contributed by atoms with Gasteiger partial charge in [0, 0.05) is 23.8 Å². The monoisotopic (exact) mass is 338 g/mol. The van der Waals surface area contributed by atoms with Crippen LogP contribution in [0, 0.1) is 5.82 Å². The van der Waals surface area contributed by atoms with Crippen molar-refractivity contribution in [2.45, 2.75) is 12.1 Å². The zero-order chi connectivity index (χ0) is 16.5. The molecule has 0 radical (unpaired) electrons. The highest BCUT2D eigenvalue weighted by Crippen LogP contribution is 2.40. The highest BCUT2D eigenvalue weighted by atomic mass is 32.1. The van der Waals surface area contributed by atoms with Gasteiger partial charge < -0.3 is 15.2 Å². The third-order valence-corrected chi connectivity index (χ3v) is 4.46. The van der Waals surface area contributed by atoms with E-state index in [4.69, 9.17) is 12.2 Å². The summed E-state index contributed by atoms with van der Waals surface area (Å²) >= 11 is 5.56. The molecule has 1 fully saturated rings. The van der Waals surface area contributed by atoms with Crippen LogP contribution in [0.5, 0.6) is 0 Å². The first-order chi connectivity index (χ1) is 11.7. The van der Waals surface area contributed by atoms with Gasteiger partial charge in [-0.25, -0.2) is 4.39 Å². The van der Waals surface area contributed by atoms with E-state index in [0.29, 0.717) is 5.11 Å². The van der Waals surface area contributed by atoms with Gasteiger partial charge in [-0.15, -0.1) is 0 Å². The first-order valence-electron chi connectivity index (χ1n) is 7.63. The van der Waals surface area contributed by atoms with Gasteiger partial charge in [0.2, 0.25) is 0 Å². The fourth-order valence-electron chi connectivity index (χ4n) is 3.08. The van der Waals surface area contributed by atoms with Crippen LogP contribution in [-0.4, -0.2) is 15.1 Å². The number of benzene rings is 1. The number of rotatable bonds is 3. The highest BCUT2D eigenvalue weighted by Gasteiger charge is 2.41. The number of H-pyrrole nitrogens is 1. The fourth-order valence-corrected chi connectivity index (χ4v) is 3.42. The molecule has 0 amide bonds. The number of hydrogen-bond donors (Lipinski definition) is 2. The lowest BCUT2D eigenvalue weighted by Crippen LogP contribution is -2.29. The molecule has 0 unspecified atom stereocenters. The van der Waals surface area contributed by atoms with Crippen LogP contribution in [0.3, 0.4) is 0 Å². The zero-order valence-electron chi connectivity index (χ0n) is 12.7. The van der Waals surface area contributed by atoms with Crippen LogP contribution >= 0.6 is 12.2 Å². The Morgan fingerprint density at radius 3 is 2.54 bits per heavy atom. The predicted molar refractivity (Wildman–Crippen MR) is 95.1 cm³/mol. The summed E-state index contributed by atoms with van der Waals surface area (Å²) in [5.41, 5.74) is 2.76. The standard InChI is InChI=1S/C18H15FN4S/c19-12-6-8-13(9-7-12)23-17(15-5-3-11-21-15)16(22-18(23)24)14-4-1-2-10-20-14/h1-11,16-17,21H,(H,22,24)/t16-,17+/m1/s1. The summed E-state index contributed by atoms with van der Waals surface area (Å²) in [4.78, 5) is 9.74. The molecule has 1 saturated heterocycles. The molecule has 6 heteroatoms. The smallest absolute Gasteiger partial charge is 0.174 e. The molecule has 4 nitrogen and oxygen atoms in total. The van der Waals surface area contributed by atoms with Crippen LogP contribution in [0.15, 0.2) is 67.0 Å². The minimum absolute atomic E-state index is 0.0899. The first-order valence-corrected chi connectivity index (χ1v) is 8.04. The Morgan fingerprint density at radius 1 is 1.04 bits per heavy atom. The molecule has 3 heterocycles. The van der Waals surface area contributed by atoms with Crippen molar-refractivity contribution in [2.75, 3.05) is 4.90 Å². The van der Waals surface area contributed by atoms with Crippen molar-refractivity contribution < 1.29 is 4.39 Å². The van der Waals surface area contributed by atoms with Crippen molar-refractivity contribution in [3.63, 3.8) is 0 Å². The van der Waals surface area contributed by atoms with Gasteiger partial charge in [-0.2, -0.15) is 0 Å². The van der Waals surface area contributed by atoms with E-state index >= 15 is 0 Å². The zero-order valence-corrected chi connectivity index (χ0v) is 13.5. The van der Waals surface area contributed by atoms with E-state index in [0.717, 1.165) is 17.1 Å². The number of nitrogens with zero attached hydrogens (tertiary/aromatic N) is 2. The van der Waals surface area contributed by atoms with E-state index in [2.05, 4.69) is 15.3 Å². The van der Waals surface area contributed by atoms with Crippen LogP contribution < -0.4 is 10.2 Å². The molecule has 0 spiro atoms. The van der Waals surface area contributed by atoms with Crippen molar-refractivity contribution >= 4 is 23.0 Å². The average molecular weight is 338 g/mol. The van der Waals surface area contributed by atoms with Gasteiger partial charge in [0.25, 0.3) is 0 Å². The Morgan fingerprint density at radius 2 is 1.88 bits per heavy atom. The summed E-state index contributed by atoms with van der Waals surface area (Å²) in [6, 6.07) is 16.0. The third-order valence-electron chi connectivity index (χ3n) is 4.14. The number of halogens is 1. The Balaban J connectivity index is 1.80. The van der Waals surface area contributed by atoms with Gasteiger partial charge in [0.1, 0.15) is 11.9 Å². The highest BCUT2D eigenvalue weighted by molar-refractivity contribution is 7.80. The average Bonchev–Trinajstić information content (AvgIpc) is 3.24. The molecule has 2 N–H and O–H groups in total. The lowest BCUT2D eigenvalue weighted by Gasteiger charge is -2.27. The normalized spacial score (nSPS) is 20.2. The number of pyridine rings is 1. The summed E-state index contributed by atoms with van der Waals surface area (Å²) in [7, 11) is 0. The number of anilines is 1. The second-order valence-corrected chi connectivity index (χ2v) is 5.99. The minimum atomic E-state index is -0.269. The van der Waals surface area contributed by atoms with Crippen molar-refractivity contribution in [1.29, 1.82) is 0 Å². The molecule has 1 aromatic carbocycles. The number of hydrogen-bond acceptors (Lipinski definition) is 2. The summed E-state index contributed by atoms with van der Waals surface area (Å²) in [6.07, 6.45) is 3.65. The van der Waals surface area contributed by atoms with E-state index < -0.39 is 0 Å². The molecule has 0 bridgehead atoms. The van der Waals surface area contributed by atoms with Crippen molar-refractivity contribution in [3.05, 3.63) is 84.2 Å². The first kappa shape index (κ1) is 14.8. The van der Waals surface area contributed by atoms with Gasteiger partial charge >= 0.3 is 0 Å². The van der Waals surface area contributed by atoms with Crippen LogP contribution in [0.4, 0.5) is 10.1 Å². The molecule has 0 saturated carbocycles. The third kappa shape index (κ3) is 2.55. The Hall–Kier alpha value is -2.73. The minimum Gasteiger partial charge on any atom is -0.363 e. The number of aromatic amines is 1. The van der Waals surface area contributed by atoms with Crippen molar-refractivity contribution in [3.8, 4) is 0 Å². The molecule has 2 aromatic heterocycles. The second kappa shape index (κ2) is 6.05. The van der Waals surface area contributed by atoms with Gasteiger partial charge in [0.15, 0.2) is 5.11 Å². The van der Waals surface area contributed by atoms with E-state index in [9.17, 15) is 4.39 Å². The molecular formula is C18H15FN4S. The summed E-state index contributed by atoms with van der Waals surface area (Å²) in [5, 5.41) is 3.95. The summed E-state index contributed by atoms with van der Waals surface area (Å²) in [6.45, 7) is 0. The largest absolute Gasteiger partial charge is 0.363 e. The Kier molecular flexibility index (Phi) is 3.74. The van der Waals surface area contributed by atoms with Gasteiger partial charge in [0.05, 0.1) is 11.7 Å². The maximum atomic E-state index is 13.3. The van der Waals surface area contributed by atoms with Crippen LogP contribution in [0.2, 0.25) is 0 Å². The van der Waals surface area contributed by atoms with E-state index in [-0.39, 0.29) is 17.9 Å². The molecule has 0 aliphatic carbocycles. The van der Waals surface area contributed by atoms with Crippen molar-refractivity contribution in [1.82, 2.24) is 15.3 Å². The van der Waals surface area contributed by atoms with Crippen LogP contribution in [0.1, 0.15) is 23.5 Å². The maximum absolute atomic E-state index is 13.3. The molecule has 24 heavy (non-hydrogen) atoms. The summed E-state index contributed by atoms with van der Waals surface area (Å²) in [5.74, 6) is -0.269. The van der Waals surface area contributed by atoms with E-state index in [1.54, 1.807) is 18.3 Å². The van der Waals surface area contributed by atoms with Gasteiger partial charge in [-0.1, -0.05) is 6.07 Å². The molecule has 2 atom stereocenters. The molecular weight excluding hydrogens is 323 g/mol. The topological polar surface area (TPSA) is 44.0 Å². The molecule has 120 valence electrons. The summed E-state index contributed by atoms with van der Waals surface area (Å²) < 4.78 is 13.3. The van der Waals surface area contributed by atoms with Crippen molar-refractivity contribution in [2.24, 2.45) is 0 Å². The SMILES string of the molecule is Fc1ccc(N2C(=S)N[C@H](c3ccccn3)[C@@H]2c2ccc[nH]2)cc1. The molecule has 1 aliphatic heterocycles. The maximum Gasteiger partial charge on any atom is 0.174 e. The molecule has 4 rings (SSSR count). The Labute approximate surface area is 144 Å². The lowest BCUT2D eigenvalue weighted by molar-refractivity contribution is 0.558. The fraction of sp³-hybridized carbons (Fsp3) is 0.111. The number of aromatic nitrogens is 2. The lowest BCUT2D eigenvalue weighted by atomic mass is 10.0. The molecule has 1 aliphatic rings. The van der Waals surface area contributed by atoms with Gasteiger partial charge in [-0.3, -0.25) is 4.98 Å². The quantitative estimate of drug-likeness (QED) is 0.714. The number of thiocarbonyl (C=S) groups is 1. The van der Waals surface area contributed by atoms with Crippen LogP contribution in [0.25, 0.3) is 0 Å². The van der Waals surface area contributed by atoms with E-state index in [1.807, 2.05) is 41.4 Å². The van der Waals surface area contributed by atoms with Crippen LogP contribution in [-0.2, 0) is 0 Å². The second-order valence-electron chi connectivity index (χ2n) is 5.60.